The van der Waals surface area contributed by atoms with E-state index < -0.39 is 6.04 Å². The molecular weight excluding hydrogens is 380 g/mol. The van der Waals surface area contributed by atoms with Crippen molar-refractivity contribution in [3.8, 4) is 11.5 Å². The van der Waals surface area contributed by atoms with E-state index in [-0.39, 0.29) is 24.5 Å². The van der Waals surface area contributed by atoms with Crippen LogP contribution in [0.1, 0.15) is 38.3 Å². The van der Waals surface area contributed by atoms with E-state index in [0.29, 0.717) is 12.3 Å². The van der Waals surface area contributed by atoms with Gasteiger partial charge >= 0.3 is 0 Å². The van der Waals surface area contributed by atoms with Crippen molar-refractivity contribution in [2.45, 2.75) is 52.7 Å². The first-order valence-corrected chi connectivity index (χ1v) is 10.3. The lowest BCUT2D eigenvalue weighted by atomic mass is 10.1. The van der Waals surface area contributed by atoms with Crippen molar-refractivity contribution < 1.29 is 19.1 Å². The van der Waals surface area contributed by atoms with Crippen molar-refractivity contribution in [1.29, 1.82) is 0 Å². The van der Waals surface area contributed by atoms with Crippen molar-refractivity contribution in [3.05, 3.63) is 59.7 Å². The average molecular weight is 413 g/mol. The van der Waals surface area contributed by atoms with Crippen molar-refractivity contribution in [3.63, 3.8) is 0 Å². The monoisotopic (exact) mass is 412 g/mol. The summed E-state index contributed by atoms with van der Waals surface area (Å²) in [5, 5.41) is 2.96. The first kappa shape index (κ1) is 23.3. The van der Waals surface area contributed by atoms with E-state index >= 15 is 0 Å². The molecule has 2 rings (SSSR count). The smallest absolute Gasteiger partial charge is 0.261 e. The van der Waals surface area contributed by atoms with Crippen LogP contribution >= 0.6 is 0 Å². The average Bonchev–Trinajstić information content (AvgIpc) is 2.75. The Bertz CT molecular complexity index is 835. The molecule has 6 nitrogen and oxygen atoms in total. The van der Waals surface area contributed by atoms with Crippen LogP contribution in [0.4, 0.5) is 0 Å². The summed E-state index contributed by atoms with van der Waals surface area (Å²) >= 11 is 0. The van der Waals surface area contributed by atoms with Crippen LogP contribution in [0, 0.1) is 6.92 Å². The van der Waals surface area contributed by atoms with Gasteiger partial charge in [-0.25, -0.2) is 0 Å². The number of rotatable bonds is 10. The zero-order valence-electron chi connectivity index (χ0n) is 18.5. The van der Waals surface area contributed by atoms with Crippen LogP contribution in [-0.2, 0) is 16.1 Å². The van der Waals surface area contributed by atoms with E-state index in [1.165, 1.54) is 0 Å². The molecule has 0 heterocycles. The topological polar surface area (TPSA) is 67.9 Å². The first-order chi connectivity index (χ1) is 14.3. The Morgan fingerprint density at radius 3 is 2.37 bits per heavy atom. The maximum Gasteiger partial charge on any atom is 0.261 e. The molecule has 2 aromatic rings. The molecule has 0 radical (unpaired) electrons. The van der Waals surface area contributed by atoms with Crippen molar-refractivity contribution >= 4 is 11.8 Å². The SMILES string of the molecule is CC[C@@H](C)NC(=O)[C@H](C)N(Cc1ccc(OC)cc1)C(=O)COc1cccc(C)c1. The molecule has 0 aliphatic heterocycles. The van der Waals surface area contributed by atoms with Gasteiger partial charge in [0.05, 0.1) is 7.11 Å². The van der Waals surface area contributed by atoms with Gasteiger partial charge in [0.1, 0.15) is 17.5 Å². The van der Waals surface area contributed by atoms with Crippen molar-refractivity contribution in [2.24, 2.45) is 0 Å². The Labute approximate surface area is 179 Å². The van der Waals surface area contributed by atoms with Crippen LogP contribution < -0.4 is 14.8 Å². The minimum atomic E-state index is -0.630. The number of methoxy groups -OCH3 is 1. The van der Waals surface area contributed by atoms with E-state index in [9.17, 15) is 9.59 Å². The standard InChI is InChI=1S/C24H32N2O4/c1-6-18(3)25-24(28)19(4)26(15-20-10-12-21(29-5)13-11-20)23(27)16-30-22-9-7-8-17(2)14-22/h7-14,18-19H,6,15-16H2,1-5H3,(H,25,28)/t18-,19+/m1/s1. The summed E-state index contributed by atoms with van der Waals surface area (Å²) in [4.78, 5) is 27.3. The number of nitrogens with one attached hydrogen (secondary N) is 1. The van der Waals surface area contributed by atoms with E-state index in [4.69, 9.17) is 9.47 Å². The third kappa shape index (κ3) is 6.79. The molecule has 1 N–H and O–H groups in total. The van der Waals surface area contributed by atoms with Crippen LogP contribution in [0.2, 0.25) is 0 Å². The highest BCUT2D eigenvalue weighted by Crippen LogP contribution is 2.16. The number of amides is 2. The number of nitrogens with zero attached hydrogens (tertiary/aromatic N) is 1. The Kier molecular flexibility index (Phi) is 8.71. The lowest BCUT2D eigenvalue weighted by Gasteiger charge is -2.29. The molecule has 2 atom stereocenters. The molecular formula is C24H32N2O4. The molecule has 0 bridgehead atoms. The summed E-state index contributed by atoms with van der Waals surface area (Å²) in [6, 6.07) is 14.4. The van der Waals surface area contributed by atoms with Gasteiger partial charge in [0.2, 0.25) is 5.91 Å². The largest absolute Gasteiger partial charge is 0.497 e. The highest BCUT2D eigenvalue weighted by Gasteiger charge is 2.27. The Balaban J connectivity index is 2.15. The second-order valence-corrected chi connectivity index (χ2v) is 7.47. The third-order valence-corrected chi connectivity index (χ3v) is 5.03. The van der Waals surface area contributed by atoms with Crippen LogP contribution in [0.15, 0.2) is 48.5 Å². The van der Waals surface area contributed by atoms with E-state index in [1.807, 2.05) is 69.3 Å². The van der Waals surface area contributed by atoms with Crippen LogP contribution in [0.25, 0.3) is 0 Å². The first-order valence-electron chi connectivity index (χ1n) is 10.3. The lowest BCUT2D eigenvalue weighted by molar-refractivity contribution is -0.142. The quantitative estimate of drug-likeness (QED) is 0.646. The molecule has 162 valence electrons. The summed E-state index contributed by atoms with van der Waals surface area (Å²) in [5.41, 5.74) is 1.96. The number of benzene rings is 2. The van der Waals surface area contributed by atoms with Crippen molar-refractivity contribution in [2.75, 3.05) is 13.7 Å². The van der Waals surface area contributed by atoms with Gasteiger partial charge in [0.15, 0.2) is 6.61 Å². The fourth-order valence-electron chi connectivity index (χ4n) is 2.91. The maximum absolute atomic E-state index is 13.0. The molecule has 30 heavy (non-hydrogen) atoms. The normalized spacial score (nSPS) is 12.6. The van der Waals surface area contributed by atoms with Gasteiger partial charge in [-0.05, 0) is 62.6 Å². The zero-order chi connectivity index (χ0) is 22.1. The number of aryl methyl sites for hydroxylation is 1. The number of carbonyl (C=O) groups is 2. The summed E-state index contributed by atoms with van der Waals surface area (Å²) < 4.78 is 10.9. The highest BCUT2D eigenvalue weighted by molar-refractivity contribution is 5.88. The second-order valence-electron chi connectivity index (χ2n) is 7.47. The van der Waals surface area contributed by atoms with Gasteiger partial charge in [-0.2, -0.15) is 0 Å². The van der Waals surface area contributed by atoms with Gasteiger partial charge in [-0.15, -0.1) is 0 Å². The van der Waals surface area contributed by atoms with Crippen LogP contribution in [0.3, 0.4) is 0 Å². The number of ether oxygens (including phenoxy) is 2. The van der Waals surface area contributed by atoms with Gasteiger partial charge in [-0.1, -0.05) is 31.2 Å². The molecule has 0 aliphatic carbocycles. The maximum atomic E-state index is 13.0. The molecule has 6 heteroatoms. The number of hydrogen-bond donors (Lipinski definition) is 1. The summed E-state index contributed by atoms with van der Waals surface area (Å²) in [6.45, 7) is 7.82. The Morgan fingerprint density at radius 1 is 1.07 bits per heavy atom. The fourth-order valence-corrected chi connectivity index (χ4v) is 2.91. The van der Waals surface area contributed by atoms with Gasteiger partial charge < -0.3 is 19.7 Å². The predicted octanol–water partition coefficient (Wildman–Crippen LogP) is 3.71. The van der Waals surface area contributed by atoms with Gasteiger partial charge in [0.25, 0.3) is 5.91 Å². The predicted molar refractivity (Wildman–Crippen MR) is 118 cm³/mol. The number of hydrogen-bond acceptors (Lipinski definition) is 4. The van der Waals surface area contributed by atoms with Gasteiger partial charge in [0, 0.05) is 12.6 Å². The molecule has 2 amide bonds. The number of carbonyl (C=O) groups excluding carboxylic acids is 2. The van der Waals surface area contributed by atoms with E-state index in [1.54, 1.807) is 18.9 Å². The van der Waals surface area contributed by atoms with Crippen molar-refractivity contribution in [1.82, 2.24) is 10.2 Å². The summed E-state index contributed by atoms with van der Waals surface area (Å²) in [6.07, 6.45) is 0.821. The molecule has 0 unspecified atom stereocenters. The second kappa shape index (κ2) is 11.2. The molecule has 0 aliphatic rings. The van der Waals surface area contributed by atoms with Crippen LogP contribution in [0.5, 0.6) is 11.5 Å². The molecule has 0 saturated carbocycles. The van der Waals surface area contributed by atoms with E-state index in [0.717, 1.165) is 23.3 Å². The molecule has 2 aromatic carbocycles. The zero-order valence-corrected chi connectivity index (χ0v) is 18.5. The molecule has 0 saturated heterocycles. The minimum absolute atomic E-state index is 0.0430. The van der Waals surface area contributed by atoms with Gasteiger partial charge in [-0.3, -0.25) is 9.59 Å². The fraction of sp³-hybridized carbons (Fsp3) is 0.417. The van der Waals surface area contributed by atoms with E-state index in [2.05, 4.69) is 5.32 Å². The third-order valence-electron chi connectivity index (χ3n) is 5.03. The summed E-state index contributed by atoms with van der Waals surface area (Å²) in [7, 11) is 1.61. The Hall–Kier alpha value is -3.02. The highest BCUT2D eigenvalue weighted by atomic mass is 16.5. The molecule has 0 spiro atoms. The Morgan fingerprint density at radius 2 is 1.77 bits per heavy atom. The minimum Gasteiger partial charge on any atom is -0.497 e. The molecule has 0 fully saturated rings. The summed E-state index contributed by atoms with van der Waals surface area (Å²) in [5.74, 6) is 0.937. The van der Waals surface area contributed by atoms with Crippen LogP contribution in [-0.4, -0.2) is 42.5 Å². The molecule has 0 aromatic heterocycles. The lowest BCUT2D eigenvalue weighted by Crippen LogP contribution is -2.50.